The van der Waals surface area contributed by atoms with Gasteiger partial charge in [0.2, 0.25) is 0 Å². The van der Waals surface area contributed by atoms with E-state index in [1.807, 2.05) is 40.7 Å². The number of nitrogens with zero attached hydrogens (tertiary/aromatic N) is 5. The van der Waals surface area contributed by atoms with Gasteiger partial charge in [-0.2, -0.15) is 10.2 Å². The number of carbonyl (C=O) groups is 2. The van der Waals surface area contributed by atoms with E-state index in [0.717, 1.165) is 12.0 Å². The zero-order valence-corrected chi connectivity index (χ0v) is 26.6. The van der Waals surface area contributed by atoms with E-state index in [0.29, 0.717) is 61.0 Å². The fourth-order valence-electron chi connectivity index (χ4n) is 5.30. The van der Waals surface area contributed by atoms with Crippen LogP contribution in [0.25, 0.3) is 28.1 Å². The number of carbonyl (C=O) groups excluding carboxylic acids is 1. The molecule has 12 heteroatoms. The molecule has 1 aliphatic rings. The number of aryl methyl sites for hydroxylation is 1. The summed E-state index contributed by atoms with van der Waals surface area (Å²) < 4.78 is 15.1. The van der Waals surface area contributed by atoms with Gasteiger partial charge in [0.1, 0.15) is 24.7 Å². The van der Waals surface area contributed by atoms with Crippen LogP contribution in [0.15, 0.2) is 30.3 Å². The lowest BCUT2D eigenvalue weighted by Gasteiger charge is -2.34. The topological polar surface area (TPSA) is 112 Å². The largest absolute Gasteiger partial charge is 0.496 e. The minimum atomic E-state index is -0.995. The highest BCUT2D eigenvalue weighted by molar-refractivity contribution is 6.34. The maximum atomic E-state index is 13.9. The van der Waals surface area contributed by atoms with E-state index >= 15 is 0 Å². The summed E-state index contributed by atoms with van der Waals surface area (Å²) in [7, 11) is 3.33. The first-order valence-corrected chi connectivity index (χ1v) is 14.5. The molecule has 3 heterocycles. The Kier molecular flexibility index (Phi) is 7.96. The number of aromatic nitrogens is 4. The summed E-state index contributed by atoms with van der Waals surface area (Å²) in [6.45, 7) is 9.51. The molecule has 2 aromatic heterocycles. The van der Waals surface area contributed by atoms with Crippen molar-refractivity contribution in [2.24, 2.45) is 0 Å². The Morgan fingerprint density at radius 2 is 1.77 bits per heavy atom. The molecule has 1 N–H and O–H groups in total. The summed E-state index contributed by atoms with van der Waals surface area (Å²) in [6.07, 6.45) is 0.749. The SMILES string of the molecule is CCC(C)(C)N(C)C(=O)c1nn(-c2cc(Cl)cc(Cl)c2)c2c1COc1cc(OC)c(-c3c(C)nn(CC(=O)O)c3C)cc1-2. The van der Waals surface area contributed by atoms with E-state index in [1.165, 1.54) is 4.68 Å². The van der Waals surface area contributed by atoms with Crippen LogP contribution < -0.4 is 9.47 Å². The normalized spacial score (nSPS) is 12.4. The number of benzene rings is 2. The average Bonchev–Trinajstić information content (AvgIpc) is 3.47. The van der Waals surface area contributed by atoms with Gasteiger partial charge in [-0.25, -0.2) is 4.68 Å². The summed E-state index contributed by atoms with van der Waals surface area (Å²) in [4.78, 5) is 27.1. The number of hydrogen-bond donors (Lipinski definition) is 1. The highest BCUT2D eigenvalue weighted by Gasteiger charge is 2.36. The van der Waals surface area contributed by atoms with E-state index in [9.17, 15) is 14.7 Å². The van der Waals surface area contributed by atoms with Crippen LogP contribution in [0, 0.1) is 13.8 Å². The van der Waals surface area contributed by atoms with Gasteiger partial charge >= 0.3 is 5.97 Å². The quantitative estimate of drug-likeness (QED) is 0.235. The molecule has 0 aliphatic carbocycles. The van der Waals surface area contributed by atoms with Crippen LogP contribution >= 0.6 is 23.2 Å². The molecule has 2 aromatic carbocycles. The van der Waals surface area contributed by atoms with Gasteiger partial charge in [-0.05, 0) is 58.4 Å². The molecule has 10 nitrogen and oxygen atoms in total. The number of ether oxygens (including phenoxy) is 2. The molecule has 43 heavy (non-hydrogen) atoms. The zero-order valence-electron chi connectivity index (χ0n) is 25.1. The lowest BCUT2D eigenvalue weighted by atomic mass is 9.94. The molecule has 5 rings (SSSR count). The third-order valence-electron chi connectivity index (χ3n) is 8.22. The van der Waals surface area contributed by atoms with Crippen molar-refractivity contribution >= 4 is 35.1 Å². The Morgan fingerprint density at radius 3 is 2.37 bits per heavy atom. The standard InChI is InChI=1S/C31H33Cl2N5O5/c1-8-31(4,5)36(6)30(41)28-23-15-43-25-13-24(42-7)21(27-16(2)34-37(17(27)3)14-26(39)40)12-22(25)29(23)38(35-28)20-10-18(32)9-19(33)11-20/h9-13H,8,14-15H2,1-7H3,(H,39,40). The van der Waals surface area contributed by atoms with Crippen molar-refractivity contribution in [3.63, 3.8) is 0 Å². The molecule has 0 atom stereocenters. The highest BCUT2D eigenvalue weighted by Crippen LogP contribution is 2.47. The maximum absolute atomic E-state index is 13.9. The predicted molar refractivity (Wildman–Crippen MR) is 165 cm³/mol. The number of fused-ring (bicyclic) bond motifs is 3. The van der Waals surface area contributed by atoms with Gasteiger partial charge in [-0.1, -0.05) is 30.1 Å². The van der Waals surface area contributed by atoms with E-state index < -0.39 is 11.5 Å². The number of rotatable bonds is 8. The van der Waals surface area contributed by atoms with Gasteiger partial charge in [-0.15, -0.1) is 0 Å². The molecule has 0 unspecified atom stereocenters. The molecule has 0 bridgehead atoms. The molecule has 0 radical (unpaired) electrons. The van der Waals surface area contributed by atoms with Crippen molar-refractivity contribution in [3.8, 4) is 39.6 Å². The minimum Gasteiger partial charge on any atom is -0.496 e. The molecule has 1 aliphatic heterocycles. The molecular weight excluding hydrogens is 593 g/mol. The van der Waals surface area contributed by atoms with Crippen molar-refractivity contribution in [1.29, 1.82) is 0 Å². The van der Waals surface area contributed by atoms with Crippen LogP contribution in [0.1, 0.15) is 54.6 Å². The number of hydrogen-bond acceptors (Lipinski definition) is 6. The van der Waals surface area contributed by atoms with Gasteiger partial charge < -0.3 is 19.5 Å². The van der Waals surface area contributed by atoms with Crippen molar-refractivity contribution < 1.29 is 24.2 Å². The van der Waals surface area contributed by atoms with E-state index in [-0.39, 0.29) is 24.8 Å². The van der Waals surface area contributed by atoms with E-state index in [2.05, 4.69) is 5.10 Å². The van der Waals surface area contributed by atoms with Gasteiger partial charge in [-0.3, -0.25) is 14.3 Å². The Bertz CT molecular complexity index is 1750. The average molecular weight is 627 g/mol. The van der Waals surface area contributed by atoms with Crippen LogP contribution in [-0.4, -0.2) is 61.1 Å². The van der Waals surface area contributed by atoms with Crippen molar-refractivity contribution in [3.05, 3.63) is 63.0 Å². The first-order valence-electron chi connectivity index (χ1n) is 13.7. The fourth-order valence-corrected chi connectivity index (χ4v) is 5.82. The first kappa shape index (κ1) is 30.4. The Morgan fingerprint density at radius 1 is 1.09 bits per heavy atom. The first-order chi connectivity index (χ1) is 20.3. The van der Waals surface area contributed by atoms with Crippen molar-refractivity contribution in [1.82, 2.24) is 24.5 Å². The molecule has 226 valence electrons. The third kappa shape index (κ3) is 5.34. The van der Waals surface area contributed by atoms with Crippen LogP contribution in [-0.2, 0) is 17.9 Å². The number of methoxy groups -OCH3 is 1. The number of carboxylic acid groups (broad SMARTS) is 1. The smallest absolute Gasteiger partial charge is 0.325 e. The van der Waals surface area contributed by atoms with Crippen LogP contribution in [0.5, 0.6) is 11.5 Å². The molecule has 0 saturated heterocycles. The molecule has 0 saturated carbocycles. The minimum absolute atomic E-state index is 0.106. The van der Waals surface area contributed by atoms with Gasteiger partial charge in [0.15, 0.2) is 5.69 Å². The van der Waals surface area contributed by atoms with Gasteiger partial charge in [0.05, 0.1) is 24.2 Å². The Hall–Kier alpha value is -4.02. The number of halogens is 2. The second kappa shape index (κ2) is 11.2. The summed E-state index contributed by atoms with van der Waals surface area (Å²) in [5.41, 5.74) is 5.13. The number of aliphatic carboxylic acids is 1. The summed E-state index contributed by atoms with van der Waals surface area (Å²) in [6, 6.07) is 8.80. The van der Waals surface area contributed by atoms with Gasteiger partial charge in [0.25, 0.3) is 5.91 Å². The molecule has 0 spiro atoms. The van der Waals surface area contributed by atoms with Gasteiger partial charge in [0, 0.05) is 56.6 Å². The zero-order chi connectivity index (χ0) is 31.4. The monoisotopic (exact) mass is 625 g/mol. The lowest BCUT2D eigenvalue weighted by Crippen LogP contribution is -2.45. The second-order valence-corrected chi connectivity index (χ2v) is 12.1. The number of amides is 1. The summed E-state index contributed by atoms with van der Waals surface area (Å²) in [5.74, 6) is -0.166. The summed E-state index contributed by atoms with van der Waals surface area (Å²) in [5, 5.41) is 19.6. The predicted octanol–water partition coefficient (Wildman–Crippen LogP) is 6.57. The molecule has 1 amide bonds. The van der Waals surface area contributed by atoms with Crippen LogP contribution in [0.3, 0.4) is 0 Å². The third-order valence-corrected chi connectivity index (χ3v) is 8.66. The van der Waals surface area contributed by atoms with E-state index in [4.69, 9.17) is 37.8 Å². The van der Waals surface area contributed by atoms with Crippen LogP contribution in [0.2, 0.25) is 10.0 Å². The Labute approximate surface area is 259 Å². The highest BCUT2D eigenvalue weighted by atomic mass is 35.5. The van der Waals surface area contributed by atoms with E-state index in [1.54, 1.807) is 48.0 Å². The molecule has 0 fully saturated rings. The number of carboxylic acids is 1. The molecule has 4 aromatic rings. The maximum Gasteiger partial charge on any atom is 0.325 e. The molecular formula is C31H33Cl2N5O5. The lowest BCUT2D eigenvalue weighted by molar-refractivity contribution is -0.137. The fraction of sp³-hybridized carbons (Fsp3) is 0.355. The second-order valence-electron chi connectivity index (χ2n) is 11.2. The van der Waals surface area contributed by atoms with Crippen molar-refractivity contribution in [2.75, 3.05) is 14.2 Å². The summed E-state index contributed by atoms with van der Waals surface area (Å²) >= 11 is 12.8. The Balaban J connectivity index is 1.79. The van der Waals surface area contributed by atoms with Crippen LogP contribution in [0.4, 0.5) is 0 Å². The van der Waals surface area contributed by atoms with Crippen molar-refractivity contribution in [2.45, 2.75) is 59.7 Å².